The van der Waals surface area contributed by atoms with E-state index in [9.17, 15) is 4.39 Å². The van der Waals surface area contributed by atoms with E-state index in [0.29, 0.717) is 29.1 Å². The first-order valence-electron chi connectivity index (χ1n) is 11.7. The first-order chi connectivity index (χ1) is 16.5. The smallest absolute Gasteiger partial charge is 0.229 e. The SMILES string of the molecule is CN1CCN(c2ccc(Nc3ncc4cc(C5CC5)n(-c5cccc(N)n5)c4n3)cc2F)CC1. The van der Waals surface area contributed by atoms with Crippen LogP contribution in [0.3, 0.4) is 0 Å². The Hall–Kier alpha value is -3.72. The molecule has 1 aliphatic heterocycles. The summed E-state index contributed by atoms with van der Waals surface area (Å²) < 4.78 is 17.0. The van der Waals surface area contributed by atoms with Gasteiger partial charge in [-0.15, -0.1) is 0 Å². The average molecular weight is 459 g/mol. The molecule has 0 bridgehead atoms. The number of nitrogen functional groups attached to an aromatic ring is 1. The van der Waals surface area contributed by atoms with Crippen molar-refractivity contribution in [3.63, 3.8) is 0 Å². The topological polar surface area (TPSA) is 88.1 Å². The molecule has 0 spiro atoms. The van der Waals surface area contributed by atoms with Crippen LogP contribution in [0.15, 0.2) is 48.7 Å². The summed E-state index contributed by atoms with van der Waals surface area (Å²) in [5.74, 6) is 1.85. The van der Waals surface area contributed by atoms with Gasteiger partial charge in [0.15, 0.2) is 5.65 Å². The fourth-order valence-corrected chi connectivity index (χ4v) is 4.57. The predicted molar refractivity (Wildman–Crippen MR) is 132 cm³/mol. The van der Waals surface area contributed by atoms with Crippen molar-refractivity contribution >= 4 is 34.2 Å². The number of aromatic nitrogens is 4. The van der Waals surface area contributed by atoms with Crippen LogP contribution in [0, 0.1) is 5.82 Å². The van der Waals surface area contributed by atoms with Gasteiger partial charge in [-0.05, 0) is 62.2 Å². The molecule has 34 heavy (non-hydrogen) atoms. The minimum atomic E-state index is -0.251. The number of fused-ring (bicyclic) bond motifs is 1. The molecule has 1 aromatic carbocycles. The number of pyridine rings is 1. The van der Waals surface area contributed by atoms with Crippen molar-refractivity contribution < 1.29 is 4.39 Å². The Balaban J connectivity index is 1.32. The summed E-state index contributed by atoms with van der Waals surface area (Å²) in [6.07, 6.45) is 4.10. The number of nitrogens with zero attached hydrogens (tertiary/aromatic N) is 6. The number of nitrogens with two attached hydrogens (primary N) is 1. The molecule has 0 radical (unpaired) electrons. The molecule has 1 saturated carbocycles. The zero-order valence-electron chi connectivity index (χ0n) is 19.1. The summed E-state index contributed by atoms with van der Waals surface area (Å²) in [4.78, 5) is 18.1. The molecule has 0 atom stereocenters. The highest BCUT2D eigenvalue weighted by Crippen LogP contribution is 2.43. The van der Waals surface area contributed by atoms with Crippen molar-refractivity contribution in [3.8, 4) is 5.82 Å². The lowest BCUT2D eigenvalue weighted by atomic mass is 10.2. The van der Waals surface area contributed by atoms with Gasteiger partial charge in [-0.2, -0.15) is 4.98 Å². The van der Waals surface area contributed by atoms with E-state index in [1.807, 2.05) is 24.3 Å². The zero-order chi connectivity index (χ0) is 23.2. The number of likely N-dealkylation sites (N-methyl/N-ethyl adjacent to an activating group) is 1. The van der Waals surface area contributed by atoms with Gasteiger partial charge in [0.1, 0.15) is 17.5 Å². The van der Waals surface area contributed by atoms with Crippen molar-refractivity contribution in [2.75, 3.05) is 49.2 Å². The highest BCUT2D eigenvalue weighted by atomic mass is 19.1. The van der Waals surface area contributed by atoms with Crippen LogP contribution in [0.5, 0.6) is 0 Å². The highest BCUT2D eigenvalue weighted by molar-refractivity contribution is 5.80. The van der Waals surface area contributed by atoms with Gasteiger partial charge in [0, 0.05) is 49.1 Å². The first kappa shape index (κ1) is 20.9. The van der Waals surface area contributed by atoms with Crippen molar-refractivity contribution in [2.24, 2.45) is 0 Å². The van der Waals surface area contributed by atoms with Crippen LogP contribution in [0.1, 0.15) is 24.5 Å². The molecule has 8 nitrogen and oxygen atoms in total. The predicted octanol–water partition coefficient (Wildman–Crippen LogP) is 3.91. The lowest BCUT2D eigenvalue weighted by Gasteiger charge is -2.34. The Morgan fingerprint density at radius 3 is 2.59 bits per heavy atom. The van der Waals surface area contributed by atoms with Crippen molar-refractivity contribution in [3.05, 3.63) is 60.2 Å². The van der Waals surface area contributed by atoms with Gasteiger partial charge in [-0.3, -0.25) is 4.57 Å². The standard InChI is InChI=1S/C25H27FN8/c1-32-9-11-33(12-10-32)20-8-7-18(14-19(20)26)29-25-28-15-17-13-21(16-5-6-16)34(24(17)31-25)23-4-2-3-22(27)30-23/h2-4,7-8,13-16H,5-6,9-12H2,1H3,(H2,27,30)(H,28,29,31). The monoisotopic (exact) mass is 458 g/mol. The largest absolute Gasteiger partial charge is 0.384 e. The van der Waals surface area contributed by atoms with E-state index >= 15 is 0 Å². The molecule has 2 fully saturated rings. The number of rotatable bonds is 5. The maximum atomic E-state index is 14.9. The number of nitrogens with one attached hydrogen (secondary N) is 1. The van der Waals surface area contributed by atoms with E-state index in [1.165, 1.54) is 11.8 Å². The quantitative estimate of drug-likeness (QED) is 0.469. The molecule has 3 aromatic heterocycles. The Morgan fingerprint density at radius 1 is 1.03 bits per heavy atom. The number of hydrogen-bond donors (Lipinski definition) is 2. The highest BCUT2D eigenvalue weighted by Gasteiger charge is 2.29. The molecule has 9 heteroatoms. The Labute approximate surface area is 197 Å². The van der Waals surface area contributed by atoms with Crippen LogP contribution < -0.4 is 16.0 Å². The van der Waals surface area contributed by atoms with E-state index in [4.69, 9.17) is 10.7 Å². The molecule has 6 rings (SSSR count). The number of piperazine rings is 1. The lowest BCUT2D eigenvalue weighted by Crippen LogP contribution is -2.44. The van der Waals surface area contributed by atoms with Crippen molar-refractivity contribution in [1.29, 1.82) is 0 Å². The van der Waals surface area contributed by atoms with E-state index in [-0.39, 0.29) is 5.82 Å². The van der Waals surface area contributed by atoms with Gasteiger partial charge in [0.05, 0.1) is 5.69 Å². The van der Waals surface area contributed by atoms with Gasteiger partial charge in [0.2, 0.25) is 5.95 Å². The van der Waals surface area contributed by atoms with Gasteiger partial charge < -0.3 is 20.9 Å². The molecular formula is C25H27FN8. The molecular weight excluding hydrogens is 431 g/mol. The molecule has 1 saturated heterocycles. The average Bonchev–Trinajstić information content (AvgIpc) is 3.60. The van der Waals surface area contributed by atoms with Crippen LogP contribution in [0.25, 0.3) is 16.9 Å². The van der Waals surface area contributed by atoms with Crippen LogP contribution in [-0.2, 0) is 0 Å². The Bertz CT molecular complexity index is 1350. The second kappa shape index (κ2) is 8.25. The normalized spacial score (nSPS) is 16.8. The second-order valence-electron chi connectivity index (χ2n) is 9.15. The molecule has 4 heterocycles. The maximum absolute atomic E-state index is 14.9. The van der Waals surface area contributed by atoms with E-state index in [2.05, 4.69) is 42.8 Å². The van der Waals surface area contributed by atoms with Gasteiger partial charge >= 0.3 is 0 Å². The van der Waals surface area contributed by atoms with Crippen LogP contribution in [0.4, 0.5) is 27.5 Å². The van der Waals surface area contributed by atoms with Crippen LogP contribution >= 0.6 is 0 Å². The van der Waals surface area contributed by atoms with Gasteiger partial charge in [-0.25, -0.2) is 14.4 Å². The van der Waals surface area contributed by atoms with Crippen molar-refractivity contribution in [2.45, 2.75) is 18.8 Å². The van der Waals surface area contributed by atoms with Gasteiger partial charge in [0.25, 0.3) is 0 Å². The van der Waals surface area contributed by atoms with E-state index in [0.717, 1.165) is 55.9 Å². The summed E-state index contributed by atoms with van der Waals surface area (Å²) in [5.41, 5.74) is 9.12. The number of halogens is 1. The molecule has 0 unspecified atom stereocenters. The Morgan fingerprint density at radius 2 is 1.85 bits per heavy atom. The van der Waals surface area contributed by atoms with Crippen LogP contribution in [-0.4, -0.2) is 57.6 Å². The lowest BCUT2D eigenvalue weighted by molar-refractivity contribution is 0.311. The summed E-state index contributed by atoms with van der Waals surface area (Å²) >= 11 is 0. The molecule has 174 valence electrons. The van der Waals surface area contributed by atoms with Gasteiger partial charge in [-0.1, -0.05) is 6.07 Å². The molecule has 0 amide bonds. The molecule has 1 aliphatic carbocycles. The van der Waals surface area contributed by atoms with E-state index in [1.54, 1.807) is 12.3 Å². The minimum Gasteiger partial charge on any atom is -0.384 e. The number of anilines is 4. The summed E-state index contributed by atoms with van der Waals surface area (Å²) in [5, 5.41) is 4.11. The molecule has 2 aliphatic rings. The maximum Gasteiger partial charge on any atom is 0.229 e. The minimum absolute atomic E-state index is 0.251. The molecule has 4 aromatic rings. The number of benzene rings is 1. The van der Waals surface area contributed by atoms with Crippen LogP contribution in [0.2, 0.25) is 0 Å². The summed E-state index contributed by atoms with van der Waals surface area (Å²) in [7, 11) is 2.09. The zero-order valence-corrected chi connectivity index (χ0v) is 19.1. The third-order valence-electron chi connectivity index (χ3n) is 6.60. The third kappa shape index (κ3) is 3.92. The molecule has 3 N–H and O–H groups in total. The van der Waals surface area contributed by atoms with E-state index < -0.39 is 0 Å². The fourth-order valence-electron chi connectivity index (χ4n) is 4.57. The Kier molecular flexibility index (Phi) is 5.06. The first-order valence-corrected chi connectivity index (χ1v) is 11.7. The fraction of sp³-hybridized carbons (Fsp3) is 0.320. The summed E-state index contributed by atoms with van der Waals surface area (Å²) in [6, 6.07) is 12.9. The summed E-state index contributed by atoms with van der Waals surface area (Å²) in [6.45, 7) is 3.49. The third-order valence-corrected chi connectivity index (χ3v) is 6.60. The van der Waals surface area contributed by atoms with Crippen molar-refractivity contribution in [1.82, 2.24) is 24.4 Å². The number of hydrogen-bond acceptors (Lipinski definition) is 7. The second-order valence-corrected chi connectivity index (χ2v) is 9.15.